The van der Waals surface area contributed by atoms with E-state index in [4.69, 9.17) is 0 Å². The number of hydrogen-bond acceptors (Lipinski definition) is 0. The van der Waals surface area contributed by atoms with Crippen LogP contribution in [-0.2, 0) is 0 Å². The predicted molar refractivity (Wildman–Crippen MR) is 64.2 cm³/mol. The van der Waals surface area contributed by atoms with Crippen LogP contribution in [0.4, 0.5) is 0 Å². The Balaban J connectivity index is 1.65. The molecule has 4 aliphatic rings. The number of halogens is 1. The second kappa shape index (κ2) is 2.86. The molecule has 0 aliphatic heterocycles. The average Bonchev–Trinajstić information content (AvgIpc) is 2.24. The van der Waals surface area contributed by atoms with Gasteiger partial charge in [0.25, 0.3) is 0 Å². The second-order valence-electron chi connectivity index (χ2n) is 5.73. The fraction of sp³-hybridized carbons (Fsp3) is 1.00. The Hall–Kier alpha value is 0.730. The van der Waals surface area contributed by atoms with Crippen LogP contribution in [0.5, 0.6) is 0 Å². The van der Waals surface area contributed by atoms with Crippen molar-refractivity contribution in [3.05, 3.63) is 0 Å². The standard InChI is InChI=1S/C12H19I/c13-12-7-11(8-12,9-12)10-5-3-1-2-4-6-10/h10H,1-9H2. The lowest BCUT2D eigenvalue weighted by molar-refractivity contribution is -0.118. The first-order chi connectivity index (χ1) is 6.23. The zero-order valence-electron chi connectivity index (χ0n) is 8.32. The van der Waals surface area contributed by atoms with Crippen molar-refractivity contribution in [2.75, 3.05) is 0 Å². The molecule has 0 heterocycles. The van der Waals surface area contributed by atoms with Gasteiger partial charge in [0.15, 0.2) is 0 Å². The lowest BCUT2D eigenvalue weighted by Gasteiger charge is -2.71. The highest BCUT2D eigenvalue weighted by atomic mass is 127. The third-order valence-corrected chi connectivity index (χ3v) is 5.87. The van der Waals surface area contributed by atoms with Gasteiger partial charge in [0.2, 0.25) is 0 Å². The van der Waals surface area contributed by atoms with Crippen LogP contribution in [-0.4, -0.2) is 3.42 Å². The minimum Gasteiger partial charge on any atom is -0.0788 e. The summed E-state index contributed by atoms with van der Waals surface area (Å²) in [5.74, 6) is 1.13. The van der Waals surface area contributed by atoms with E-state index in [1.54, 1.807) is 32.1 Å². The molecule has 4 fully saturated rings. The summed E-state index contributed by atoms with van der Waals surface area (Å²) in [4.78, 5) is 0. The molecule has 2 bridgehead atoms. The van der Waals surface area contributed by atoms with E-state index >= 15 is 0 Å². The van der Waals surface area contributed by atoms with Gasteiger partial charge in [0.1, 0.15) is 0 Å². The third kappa shape index (κ3) is 1.29. The highest BCUT2D eigenvalue weighted by Crippen LogP contribution is 2.76. The van der Waals surface area contributed by atoms with E-state index in [2.05, 4.69) is 22.6 Å². The summed E-state index contributed by atoms with van der Waals surface area (Å²) >= 11 is 2.71. The lowest BCUT2D eigenvalue weighted by atomic mass is 9.39. The monoisotopic (exact) mass is 290 g/mol. The molecule has 13 heavy (non-hydrogen) atoms. The molecule has 0 atom stereocenters. The Morgan fingerprint density at radius 2 is 1.38 bits per heavy atom. The van der Waals surface area contributed by atoms with Gasteiger partial charge in [-0.2, -0.15) is 0 Å². The van der Waals surface area contributed by atoms with Crippen molar-refractivity contribution < 1.29 is 0 Å². The van der Waals surface area contributed by atoms with Crippen molar-refractivity contribution in [2.24, 2.45) is 11.3 Å². The van der Waals surface area contributed by atoms with E-state index in [0.29, 0.717) is 0 Å². The maximum Gasteiger partial charge on any atom is 0.0238 e. The fourth-order valence-electron chi connectivity index (χ4n) is 4.06. The summed E-state index contributed by atoms with van der Waals surface area (Å²) in [6.07, 6.45) is 13.9. The van der Waals surface area contributed by atoms with Gasteiger partial charge in [-0.1, -0.05) is 48.3 Å². The van der Waals surface area contributed by atoms with Crippen molar-refractivity contribution in [3.8, 4) is 0 Å². The third-order valence-electron chi connectivity index (χ3n) is 4.73. The normalized spacial score (nSPS) is 50.5. The largest absolute Gasteiger partial charge is 0.0788 e. The Bertz CT molecular complexity index is 193. The summed E-state index contributed by atoms with van der Waals surface area (Å²) < 4.78 is 0.796. The molecule has 4 saturated carbocycles. The molecular weight excluding hydrogens is 271 g/mol. The molecule has 1 heteroatoms. The highest BCUT2D eigenvalue weighted by molar-refractivity contribution is 14.1. The molecule has 0 aromatic carbocycles. The Morgan fingerprint density at radius 3 is 1.85 bits per heavy atom. The van der Waals surface area contributed by atoms with Crippen molar-refractivity contribution >= 4 is 22.6 Å². The molecule has 0 aromatic rings. The van der Waals surface area contributed by atoms with Gasteiger partial charge in [-0.05, 0) is 43.4 Å². The molecule has 0 saturated heterocycles. The van der Waals surface area contributed by atoms with E-state index in [9.17, 15) is 0 Å². The van der Waals surface area contributed by atoms with Gasteiger partial charge < -0.3 is 0 Å². The van der Waals surface area contributed by atoms with Crippen LogP contribution >= 0.6 is 22.6 Å². The van der Waals surface area contributed by atoms with Gasteiger partial charge in [-0.25, -0.2) is 0 Å². The molecular formula is C12H19I. The summed E-state index contributed by atoms with van der Waals surface area (Å²) in [7, 11) is 0. The molecule has 4 aliphatic carbocycles. The van der Waals surface area contributed by atoms with Crippen molar-refractivity contribution in [2.45, 2.75) is 61.2 Å². The zero-order chi connectivity index (χ0) is 8.94. The smallest absolute Gasteiger partial charge is 0.0238 e. The Labute approximate surface area is 95.0 Å². The Morgan fingerprint density at radius 1 is 0.846 bits per heavy atom. The molecule has 0 radical (unpaired) electrons. The summed E-state index contributed by atoms with van der Waals surface area (Å²) in [6.45, 7) is 0. The van der Waals surface area contributed by atoms with Crippen LogP contribution in [0.3, 0.4) is 0 Å². The molecule has 0 nitrogen and oxygen atoms in total. The van der Waals surface area contributed by atoms with E-state index in [-0.39, 0.29) is 0 Å². The fourth-order valence-corrected chi connectivity index (χ4v) is 6.34. The second-order valence-corrected chi connectivity index (χ2v) is 8.02. The summed E-state index contributed by atoms with van der Waals surface area (Å²) in [6, 6.07) is 0. The van der Waals surface area contributed by atoms with Gasteiger partial charge in [-0.15, -0.1) is 0 Å². The number of hydrogen-bond donors (Lipinski definition) is 0. The topological polar surface area (TPSA) is 0 Å². The molecule has 0 spiro atoms. The van der Waals surface area contributed by atoms with Crippen LogP contribution in [0.1, 0.15) is 57.8 Å². The molecule has 0 aromatic heterocycles. The lowest BCUT2D eigenvalue weighted by Crippen LogP contribution is -2.66. The van der Waals surface area contributed by atoms with Gasteiger partial charge >= 0.3 is 0 Å². The van der Waals surface area contributed by atoms with Gasteiger partial charge in [0.05, 0.1) is 0 Å². The summed E-state index contributed by atoms with van der Waals surface area (Å²) in [5.41, 5.74) is 0.880. The van der Waals surface area contributed by atoms with Crippen molar-refractivity contribution in [1.82, 2.24) is 0 Å². The van der Waals surface area contributed by atoms with Gasteiger partial charge in [-0.3, -0.25) is 0 Å². The van der Waals surface area contributed by atoms with Crippen LogP contribution in [0.15, 0.2) is 0 Å². The maximum absolute atomic E-state index is 2.71. The minimum atomic E-state index is 0.796. The minimum absolute atomic E-state index is 0.796. The molecule has 4 rings (SSSR count). The maximum atomic E-state index is 2.71. The number of alkyl halides is 1. The van der Waals surface area contributed by atoms with Crippen molar-refractivity contribution in [1.29, 1.82) is 0 Å². The number of rotatable bonds is 1. The van der Waals surface area contributed by atoms with Crippen LogP contribution in [0, 0.1) is 11.3 Å². The summed E-state index contributed by atoms with van der Waals surface area (Å²) in [5, 5.41) is 0. The Kier molecular flexibility index (Phi) is 1.98. The first kappa shape index (κ1) is 8.99. The molecule has 0 unspecified atom stereocenters. The van der Waals surface area contributed by atoms with E-state index < -0.39 is 0 Å². The van der Waals surface area contributed by atoms with E-state index in [0.717, 1.165) is 14.8 Å². The van der Waals surface area contributed by atoms with Crippen molar-refractivity contribution in [3.63, 3.8) is 0 Å². The quantitative estimate of drug-likeness (QED) is 0.383. The first-order valence-electron chi connectivity index (χ1n) is 5.92. The molecule has 74 valence electrons. The molecule has 0 amide bonds. The van der Waals surface area contributed by atoms with Gasteiger partial charge in [0, 0.05) is 3.42 Å². The van der Waals surface area contributed by atoms with Crippen LogP contribution in [0.2, 0.25) is 0 Å². The predicted octanol–water partition coefficient (Wildman–Crippen LogP) is 4.31. The molecule has 0 N–H and O–H groups in total. The SMILES string of the molecule is IC12CC(C3CCCCCC3)(C1)C2. The first-order valence-corrected chi connectivity index (χ1v) is 6.99. The zero-order valence-corrected chi connectivity index (χ0v) is 10.5. The van der Waals surface area contributed by atoms with E-state index in [1.165, 1.54) is 25.7 Å². The average molecular weight is 290 g/mol. The van der Waals surface area contributed by atoms with E-state index in [1.807, 2.05) is 0 Å². The van der Waals surface area contributed by atoms with Crippen LogP contribution in [0.25, 0.3) is 0 Å². The van der Waals surface area contributed by atoms with Crippen LogP contribution < -0.4 is 0 Å². The highest BCUT2D eigenvalue weighted by Gasteiger charge is 2.68.